The van der Waals surface area contributed by atoms with E-state index in [1.54, 1.807) is 30.5 Å². The Morgan fingerprint density at radius 3 is 2.67 bits per heavy atom. The highest BCUT2D eigenvalue weighted by molar-refractivity contribution is 7.99. The van der Waals surface area contributed by atoms with Gasteiger partial charge in [0.2, 0.25) is 11.6 Å². The summed E-state index contributed by atoms with van der Waals surface area (Å²) < 4.78 is 47.3. The summed E-state index contributed by atoms with van der Waals surface area (Å²) in [6.07, 6.45) is -1.50. The third-order valence-electron chi connectivity index (χ3n) is 4.61. The number of carbonyl (C=O) groups is 1. The molecule has 8 nitrogen and oxygen atoms in total. The Hall–Kier alpha value is -3.80. The Morgan fingerprint density at radius 2 is 1.91 bits per heavy atom. The van der Waals surface area contributed by atoms with E-state index in [2.05, 4.69) is 15.5 Å². The standard InChI is InChI=1S/C21H16F3N5O3S/c1-32-14-6-4-5-13(11-14)28-9-10-29-18(19(28)31)26-27-20(29)33-12-17(30)25-16-8-3-2-7-15(16)21(22,23)24/h2-11H,12H2,1H3,(H,25,30). The van der Waals surface area contributed by atoms with Crippen LogP contribution in [0.1, 0.15) is 5.56 Å². The molecule has 1 amide bonds. The molecule has 0 spiro atoms. The summed E-state index contributed by atoms with van der Waals surface area (Å²) >= 11 is 0.942. The summed E-state index contributed by atoms with van der Waals surface area (Å²) in [5.74, 6) is -0.306. The first-order chi connectivity index (χ1) is 15.8. The summed E-state index contributed by atoms with van der Waals surface area (Å²) in [6.45, 7) is 0. The number of aromatic nitrogens is 4. The Bertz CT molecular complexity index is 1380. The van der Waals surface area contributed by atoms with Gasteiger partial charge in [0.1, 0.15) is 5.75 Å². The number of para-hydroxylation sites is 1. The van der Waals surface area contributed by atoms with Crippen molar-refractivity contribution >= 4 is 29.0 Å². The number of amides is 1. The number of nitrogens with one attached hydrogen (secondary N) is 1. The van der Waals surface area contributed by atoms with Crippen molar-refractivity contribution in [2.75, 3.05) is 18.2 Å². The maximum atomic E-state index is 13.1. The largest absolute Gasteiger partial charge is 0.497 e. The highest BCUT2D eigenvalue weighted by Crippen LogP contribution is 2.34. The van der Waals surface area contributed by atoms with Crippen molar-refractivity contribution in [3.63, 3.8) is 0 Å². The molecule has 1 N–H and O–H groups in total. The molecule has 12 heteroatoms. The smallest absolute Gasteiger partial charge is 0.418 e. The third kappa shape index (κ3) is 4.70. The van der Waals surface area contributed by atoms with Gasteiger partial charge in [0.25, 0.3) is 0 Å². The molecule has 0 fully saturated rings. The van der Waals surface area contributed by atoms with Gasteiger partial charge < -0.3 is 10.1 Å². The van der Waals surface area contributed by atoms with Gasteiger partial charge >= 0.3 is 11.7 Å². The number of hydrogen-bond donors (Lipinski definition) is 1. The predicted octanol–water partition coefficient (Wildman–Crippen LogP) is 3.64. The van der Waals surface area contributed by atoms with E-state index >= 15 is 0 Å². The molecule has 33 heavy (non-hydrogen) atoms. The van der Waals surface area contributed by atoms with Crippen molar-refractivity contribution in [3.8, 4) is 11.4 Å². The Kier molecular flexibility index (Phi) is 6.09. The number of hydrogen-bond acceptors (Lipinski definition) is 6. The SMILES string of the molecule is COc1cccc(-n2ccn3c(SCC(=O)Nc4ccccc4C(F)(F)F)nnc3c2=O)c1. The van der Waals surface area contributed by atoms with Crippen LogP contribution in [0.5, 0.6) is 5.75 Å². The maximum Gasteiger partial charge on any atom is 0.418 e. The molecule has 0 aliphatic carbocycles. The van der Waals surface area contributed by atoms with Crippen LogP contribution < -0.4 is 15.6 Å². The lowest BCUT2D eigenvalue weighted by molar-refractivity contribution is -0.137. The van der Waals surface area contributed by atoms with Crippen molar-refractivity contribution in [2.45, 2.75) is 11.3 Å². The summed E-state index contributed by atoms with van der Waals surface area (Å²) in [6, 6.07) is 11.6. The lowest BCUT2D eigenvalue weighted by Crippen LogP contribution is -2.20. The highest BCUT2D eigenvalue weighted by atomic mass is 32.2. The van der Waals surface area contributed by atoms with Gasteiger partial charge in [-0.2, -0.15) is 13.2 Å². The zero-order valence-corrected chi connectivity index (χ0v) is 17.9. The van der Waals surface area contributed by atoms with Crippen molar-refractivity contribution in [1.82, 2.24) is 19.2 Å². The molecular formula is C21H16F3N5O3S. The quantitative estimate of drug-likeness (QED) is 0.429. The van der Waals surface area contributed by atoms with Gasteiger partial charge in [0.05, 0.1) is 29.8 Å². The second-order valence-corrected chi connectivity index (χ2v) is 7.67. The Labute approximate surface area is 189 Å². The molecule has 0 unspecified atom stereocenters. The second kappa shape index (κ2) is 8.98. The molecule has 2 aromatic carbocycles. The number of halogens is 3. The van der Waals surface area contributed by atoms with E-state index in [0.717, 1.165) is 17.8 Å². The minimum atomic E-state index is -4.59. The molecular weight excluding hydrogens is 459 g/mol. The molecule has 0 saturated heterocycles. The number of rotatable bonds is 6. The number of carbonyl (C=O) groups excluding carboxylic acids is 1. The zero-order chi connectivity index (χ0) is 23.6. The fourth-order valence-electron chi connectivity index (χ4n) is 3.08. The fraction of sp³-hybridized carbons (Fsp3) is 0.143. The molecule has 170 valence electrons. The van der Waals surface area contributed by atoms with Crippen molar-refractivity contribution in [1.29, 1.82) is 0 Å². The monoisotopic (exact) mass is 475 g/mol. The van der Waals surface area contributed by atoms with E-state index in [0.29, 0.717) is 11.4 Å². The number of anilines is 1. The van der Waals surface area contributed by atoms with Crippen LogP contribution in [-0.4, -0.2) is 37.9 Å². The van der Waals surface area contributed by atoms with Crippen molar-refractivity contribution in [3.05, 3.63) is 76.8 Å². The topological polar surface area (TPSA) is 90.5 Å². The number of methoxy groups -OCH3 is 1. The third-order valence-corrected chi connectivity index (χ3v) is 5.55. The van der Waals surface area contributed by atoms with E-state index in [-0.39, 0.29) is 22.2 Å². The van der Waals surface area contributed by atoms with E-state index in [9.17, 15) is 22.8 Å². The number of nitrogens with zero attached hydrogens (tertiary/aromatic N) is 4. The molecule has 2 aromatic heterocycles. The molecule has 0 aliphatic heterocycles. The van der Waals surface area contributed by atoms with Crippen LogP contribution in [0.4, 0.5) is 18.9 Å². The number of benzene rings is 2. The first-order valence-corrected chi connectivity index (χ1v) is 10.5. The summed E-state index contributed by atoms with van der Waals surface area (Å²) in [7, 11) is 1.52. The lowest BCUT2D eigenvalue weighted by Gasteiger charge is -2.13. The van der Waals surface area contributed by atoms with Crippen LogP contribution >= 0.6 is 11.8 Å². The summed E-state index contributed by atoms with van der Waals surface area (Å²) in [5.41, 5.74) is -1.10. The normalized spacial score (nSPS) is 11.5. The molecule has 0 saturated carbocycles. The van der Waals surface area contributed by atoms with Gasteiger partial charge in [-0.25, -0.2) is 0 Å². The number of fused-ring (bicyclic) bond motifs is 1. The Morgan fingerprint density at radius 1 is 1.12 bits per heavy atom. The van der Waals surface area contributed by atoms with E-state index in [1.165, 1.54) is 40.5 Å². The first-order valence-electron chi connectivity index (χ1n) is 9.47. The van der Waals surface area contributed by atoms with E-state index in [1.807, 2.05) is 0 Å². The average molecular weight is 475 g/mol. The molecule has 0 radical (unpaired) electrons. The number of thioether (sulfide) groups is 1. The molecule has 4 aromatic rings. The molecule has 0 aliphatic rings. The van der Waals surface area contributed by atoms with Crippen LogP contribution in [0, 0.1) is 0 Å². The van der Waals surface area contributed by atoms with Gasteiger partial charge in [-0.15, -0.1) is 10.2 Å². The highest BCUT2D eigenvalue weighted by Gasteiger charge is 2.33. The fourth-order valence-corrected chi connectivity index (χ4v) is 3.80. The predicted molar refractivity (Wildman–Crippen MR) is 116 cm³/mol. The molecule has 0 atom stereocenters. The van der Waals surface area contributed by atoms with Crippen LogP contribution in [0.15, 0.2) is 70.9 Å². The van der Waals surface area contributed by atoms with Crippen LogP contribution in [-0.2, 0) is 11.0 Å². The van der Waals surface area contributed by atoms with Crippen molar-refractivity contribution < 1.29 is 22.7 Å². The van der Waals surface area contributed by atoms with Gasteiger partial charge in [-0.1, -0.05) is 30.0 Å². The molecule has 4 rings (SSSR count). The summed E-state index contributed by atoms with van der Waals surface area (Å²) in [5, 5.41) is 10.4. The van der Waals surface area contributed by atoms with Crippen molar-refractivity contribution in [2.24, 2.45) is 0 Å². The van der Waals surface area contributed by atoms with Gasteiger partial charge in [-0.05, 0) is 24.3 Å². The summed E-state index contributed by atoms with van der Waals surface area (Å²) in [4.78, 5) is 25.1. The van der Waals surface area contributed by atoms with Crippen LogP contribution in [0.2, 0.25) is 0 Å². The van der Waals surface area contributed by atoms with E-state index < -0.39 is 23.2 Å². The average Bonchev–Trinajstić information content (AvgIpc) is 3.21. The van der Waals surface area contributed by atoms with Gasteiger partial charge in [0, 0.05) is 18.5 Å². The molecule has 2 heterocycles. The minimum absolute atomic E-state index is 0.0330. The lowest BCUT2D eigenvalue weighted by atomic mass is 10.1. The number of alkyl halides is 3. The first kappa shape index (κ1) is 22.4. The Balaban J connectivity index is 1.52. The van der Waals surface area contributed by atoms with Gasteiger partial charge in [0.15, 0.2) is 5.16 Å². The van der Waals surface area contributed by atoms with Crippen LogP contribution in [0.3, 0.4) is 0 Å². The van der Waals surface area contributed by atoms with E-state index in [4.69, 9.17) is 4.74 Å². The number of ether oxygens (including phenoxy) is 1. The zero-order valence-electron chi connectivity index (χ0n) is 17.0. The minimum Gasteiger partial charge on any atom is -0.497 e. The molecule has 0 bridgehead atoms. The van der Waals surface area contributed by atoms with Gasteiger partial charge in [-0.3, -0.25) is 18.6 Å². The second-order valence-electron chi connectivity index (χ2n) is 6.73. The maximum absolute atomic E-state index is 13.1. The van der Waals surface area contributed by atoms with Crippen LogP contribution in [0.25, 0.3) is 11.3 Å².